The number of anilines is 1. The number of nitrogens with zero attached hydrogens (tertiary/aromatic N) is 2. The number of hydrogen-bond acceptors (Lipinski definition) is 4. The van der Waals surface area contributed by atoms with E-state index in [0.29, 0.717) is 48.3 Å². The fourth-order valence-electron chi connectivity index (χ4n) is 3.76. The number of ether oxygens (including phenoxy) is 1. The van der Waals surface area contributed by atoms with Crippen molar-refractivity contribution in [1.29, 1.82) is 0 Å². The van der Waals surface area contributed by atoms with Gasteiger partial charge in [0, 0.05) is 36.9 Å². The van der Waals surface area contributed by atoms with Crippen LogP contribution >= 0.6 is 11.6 Å². The van der Waals surface area contributed by atoms with Crippen LogP contribution in [0.4, 0.5) is 10.5 Å². The third-order valence-corrected chi connectivity index (χ3v) is 8.00. The third kappa shape index (κ3) is 4.71. The van der Waals surface area contributed by atoms with Gasteiger partial charge in [0.25, 0.3) is 0 Å². The third-order valence-electron chi connectivity index (χ3n) is 5.43. The van der Waals surface area contributed by atoms with E-state index < -0.39 is 15.3 Å². The highest BCUT2D eigenvalue weighted by Crippen LogP contribution is 2.26. The molecule has 0 aromatic heterocycles. The number of benzene rings is 2. The number of likely N-dealkylation sites (tertiary alicyclic amines) is 1. The summed E-state index contributed by atoms with van der Waals surface area (Å²) in [4.78, 5) is 14.1. The van der Waals surface area contributed by atoms with Crippen molar-refractivity contribution in [2.24, 2.45) is 0 Å². The molecule has 2 aliphatic rings. The van der Waals surface area contributed by atoms with E-state index in [1.54, 1.807) is 57.7 Å². The molecule has 0 radical (unpaired) electrons. The lowest BCUT2D eigenvalue weighted by molar-refractivity contribution is 0.222. The highest BCUT2D eigenvalue weighted by Gasteiger charge is 2.39. The van der Waals surface area contributed by atoms with Crippen LogP contribution in [-0.2, 0) is 10.0 Å². The first-order chi connectivity index (χ1) is 14.4. The van der Waals surface area contributed by atoms with Crippen LogP contribution in [0.15, 0.2) is 48.5 Å². The Morgan fingerprint density at radius 2 is 1.57 bits per heavy atom. The van der Waals surface area contributed by atoms with E-state index in [2.05, 4.69) is 5.32 Å². The highest BCUT2D eigenvalue weighted by molar-refractivity contribution is 7.89. The molecule has 1 atom stereocenters. The van der Waals surface area contributed by atoms with Crippen LogP contribution < -0.4 is 10.1 Å². The van der Waals surface area contributed by atoms with Crippen LogP contribution in [0.3, 0.4) is 0 Å². The van der Waals surface area contributed by atoms with Gasteiger partial charge in [0.15, 0.2) is 0 Å². The van der Waals surface area contributed by atoms with Crippen molar-refractivity contribution in [1.82, 2.24) is 9.21 Å². The lowest BCUT2D eigenvalue weighted by atomic mass is 10.3. The summed E-state index contributed by atoms with van der Waals surface area (Å²) in [6, 6.07) is 13.8. The Morgan fingerprint density at radius 3 is 2.20 bits per heavy atom. The molecule has 1 N–H and O–H groups in total. The number of urea groups is 1. The van der Waals surface area contributed by atoms with Gasteiger partial charge in [0.1, 0.15) is 11.5 Å². The number of carbonyl (C=O) groups is 1. The summed E-state index contributed by atoms with van der Waals surface area (Å²) in [6.45, 7) is 1.84. The van der Waals surface area contributed by atoms with Gasteiger partial charge in [-0.2, -0.15) is 0 Å². The van der Waals surface area contributed by atoms with Crippen LogP contribution in [0.2, 0.25) is 5.02 Å². The SMILES string of the molecule is O=C(Nc1ccc(Oc2ccc(Cl)cc2)cc1)N1CCC(S(=O)(=O)N2CCCC2)C1. The first-order valence-corrected chi connectivity index (χ1v) is 11.9. The molecule has 2 aromatic carbocycles. The number of halogens is 1. The van der Waals surface area contributed by atoms with Crippen molar-refractivity contribution in [3.05, 3.63) is 53.6 Å². The molecule has 2 aromatic rings. The van der Waals surface area contributed by atoms with Crippen LogP contribution in [-0.4, -0.2) is 55.1 Å². The van der Waals surface area contributed by atoms with E-state index in [1.807, 2.05) is 0 Å². The molecule has 0 aliphatic carbocycles. The molecular formula is C21H24ClN3O4S. The van der Waals surface area contributed by atoms with Gasteiger partial charge >= 0.3 is 6.03 Å². The summed E-state index contributed by atoms with van der Waals surface area (Å²) in [6.07, 6.45) is 2.29. The van der Waals surface area contributed by atoms with E-state index in [4.69, 9.17) is 16.3 Å². The normalized spacial score (nSPS) is 19.8. The molecule has 1 unspecified atom stereocenters. The lowest BCUT2D eigenvalue weighted by Crippen LogP contribution is -2.40. The molecule has 0 saturated carbocycles. The van der Waals surface area contributed by atoms with Crippen molar-refractivity contribution in [3.63, 3.8) is 0 Å². The predicted molar refractivity (Wildman–Crippen MR) is 117 cm³/mol. The minimum absolute atomic E-state index is 0.225. The van der Waals surface area contributed by atoms with Gasteiger partial charge in [0.2, 0.25) is 10.0 Å². The summed E-state index contributed by atoms with van der Waals surface area (Å²) in [5, 5.41) is 2.95. The molecule has 2 amide bonds. The van der Waals surface area contributed by atoms with Gasteiger partial charge in [0.05, 0.1) is 5.25 Å². The Kier molecular flexibility index (Phi) is 6.17. The smallest absolute Gasteiger partial charge is 0.321 e. The molecule has 7 nitrogen and oxygen atoms in total. The van der Waals surface area contributed by atoms with Gasteiger partial charge in [-0.3, -0.25) is 0 Å². The van der Waals surface area contributed by atoms with E-state index in [0.717, 1.165) is 12.8 Å². The van der Waals surface area contributed by atoms with Crippen LogP contribution in [0.25, 0.3) is 0 Å². The molecule has 2 aliphatic heterocycles. The first kappa shape index (κ1) is 21.0. The fraction of sp³-hybridized carbons (Fsp3) is 0.381. The Morgan fingerprint density at radius 1 is 0.967 bits per heavy atom. The maximum Gasteiger partial charge on any atom is 0.321 e. The summed E-state index contributed by atoms with van der Waals surface area (Å²) in [5.74, 6) is 1.30. The first-order valence-electron chi connectivity index (χ1n) is 10.0. The Balaban J connectivity index is 1.32. The Bertz CT molecular complexity index is 990. The minimum Gasteiger partial charge on any atom is -0.457 e. The number of sulfonamides is 1. The van der Waals surface area contributed by atoms with Crippen molar-refractivity contribution >= 4 is 33.3 Å². The molecule has 2 heterocycles. The minimum atomic E-state index is -3.33. The zero-order valence-electron chi connectivity index (χ0n) is 16.5. The van der Waals surface area contributed by atoms with Crippen LogP contribution in [0.5, 0.6) is 11.5 Å². The maximum atomic E-state index is 12.7. The average Bonchev–Trinajstić information content (AvgIpc) is 3.44. The van der Waals surface area contributed by atoms with Crippen molar-refractivity contribution < 1.29 is 17.9 Å². The van der Waals surface area contributed by atoms with Crippen molar-refractivity contribution in [2.75, 3.05) is 31.5 Å². The Labute approximate surface area is 181 Å². The summed E-state index contributed by atoms with van der Waals surface area (Å²) < 4.78 is 32.7. The van der Waals surface area contributed by atoms with Gasteiger partial charge in [-0.25, -0.2) is 17.5 Å². The topological polar surface area (TPSA) is 79.0 Å². The molecule has 2 saturated heterocycles. The lowest BCUT2D eigenvalue weighted by Gasteiger charge is -2.21. The second kappa shape index (κ2) is 8.83. The summed E-state index contributed by atoms with van der Waals surface area (Å²) >= 11 is 5.87. The number of hydrogen-bond donors (Lipinski definition) is 1. The van der Waals surface area contributed by atoms with E-state index >= 15 is 0 Å². The maximum absolute atomic E-state index is 12.7. The molecule has 9 heteroatoms. The number of rotatable bonds is 5. The van der Waals surface area contributed by atoms with Gasteiger partial charge in [-0.15, -0.1) is 0 Å². The monoisotopic (exact) mass is 449 g/mol. The van der Waals surface area contributed by atoms with E-state index in [-0.39, 0.29) is 12.6 Å². The molecular weight excluding hydrogens is 426 g/mol. The predicted octanol–water partition coefficient (Wildman–Crippen LogP) is 4.16. The van der Waals surface area contributed by atoms with Gasteiger partial charge < -0.3 is 15.0 Å². The Hall–Kier alpha value is -2.29. The zero-order chi connectivity index (χ0) is 21.1. The summed E-state index contributed by atoms with van der Waals surface area (Å²) in [7, 11) is -3.33. The quantitative estimate of drug-likeness (QED) is 0.743. The summed E-state index contributed by atoms with van der Waals surface area (Å²) in [5.41, 5.74) is 0.620. The molecule has 2 fully saturated rings. The van der Waals surface area contributed by atoms with Gasteiger partial charge in [-0.05, 0) is 67.8 Å². The molecule has 160 valence electrons. The zero-order valence-corrected chi connectivity index (χ0v) is 18.0. The van der Waals surface area contributed by atoms with Crippen molar-refractivity contribution in [2.45, 2.75) is 24.5 Å². The average molecular weight is 450 g/mol. The molecule has 0 bridgehead atoms. The van der Waals surface area contributed by atoms with Crippen LogP contribution in [0.1, 0.15) is 19.3 Å². The highest BCUT2D eigenvalue weighted by atomic mass is 35.5. The number of amides is 2. The van der Waals surface area contributed by atoms with E-state index in [9.17, 15) is 13.2 Å². The second-order valence-electron chi connectivity index (χ2n) is 7.52. The number of carbonyl (C=O) groups excluding carboxylic acids is 1. The molecule has 0 spiro atoms. The van der Waals surface area contributed by atoms with Crippen LogP contribution in [0, 0.1) is 0 Å². The number of nitrogens with one attached hydrogen (secondary N) is 1. The standard InChI is InChI=1S/C21H24ClN3O4S/c22-16-3-7-18(8-4-16)29-19-9-5-17(6-10-19)23-21(26)24-14-11-20(15-24)30(27,28)25-12-1-2-13-25/h3-10,20H,1-2,11-15H2,(H,23,26). The van der Waals surface area contributed by atoms with E-state index in [1.165, 1.54) is 0 Å². The fourth-order valence-corrected chi connectivity index (χ4v) is 5.84. The molecule has 30 heavy (non-hydrogen) atoms. The van der Waals surface area contributed by atoms with Gasteiger partial charge in [-0.1, -0.05) is 11.6 Å². The molecule has 4 rings (SSSR count). The van der Waals surface area contributed by atoms with Crippen molar-refractivity contribution in [3.8, 4) is 11.5 Å². The largest absolute Gasteiger partial charge is 0.457 e. The second-order valence-corrected chi connectivity index (χ2v) is 10.2.